The molecular formula is C11H18N2O. The average molecular weight is 194 g/mol. The minimum Gasteiger partial charge on any atom is -0.493 e. The van der Waals surface area contributed by atoms with E-state index in [4.69, 9.17) is 10.5 Å². The van der Waals surface area contributed by atoms with Gasteiger partial charge in [0.15, 0.2) is 0 Å². The predicted molar refractivity (Wildman–Crippen MR) is 58.2 cm³/mol. The van der Waals surface area contributed by atoms with Crippen molar-refractivity contribution < 1.29 is 4.74 Å². The molecule has 78 valence electrons. The second-order valence-corrected chi connectivity index (χ2v) is 3.62. The summed E-state index contributed by atoms with van der Waals surface area (Å²) in [7, 11) is 0. The summed E-state index contributed by atoms with van der Waals surface area (Å²) in [5.74, 6) is 1.90. The summed E-state index contributed by atoms with van der Waals surface area (Å²) in [5, 5.41) is 0. The third kappa shape index (κ3) is 3.64. The number of hydrogen-bond donors (Lipinski definition) is 1. The first-order chi connectivity index (χ1) is 6.72. The maximum Gasteiger partial charge on any atom is 0.126 e. The topological polar surface area (TPSA) is 48.1 Å². The van der Waals surface area contributed by atoms with Gasteiger partial charge < -0.3 is 10.5 Å². The van der Waals surface area contributed by atoms with E-state index >= 15 is 0 Å². The average Bonchev–Trinajstić information content (AvgIpc) is 2.15. The zero-order valence-corrected chi connectivity index (χ0v) is 8.86. The molecule has 14 heavy (non-hydrogen) atoms. The van der Waals surface area contributed by atoms with Gasteiger partial charge >= 0.3 is 0 Å². The van der Waals surface area contributed by atoms with Crippen molar-refractivity contribution in [3.8, 4) is 5.75 Å². The summed E-state index contributed by atoms with van der Waals surface area (Å²) in [4.78, 5) is 3.90. The molecule has 0 aliphatic carbocycles. The first kappa shape index (κ1) is 10.8. The van der Waals surface area contributed by atoms with E-state index in [9.17, 15) is 0 Å². The van der Waals surface area contributed by atoms with Gasteiger partial charge in [0.2, 0.25) is 0 Å². The van der Waals surface area contributed by atoms with Crippen molar-refractivity contribution in [2.24, 2.45) is 5.92 Å². The molecule has 0 amide bonds. The van der Waals surface area contributed by atoms with Crippen molar-refractivity contribution in [2.45, 2.75) is 26.7 Å². The molecule has 0 fully saturated rings. The van der Waals surface area contributed by atoms with E-state index in [0.717, 1.165) is 12.4 Å². The third-order valence-electron chi connectivity index (χ3n) is 2.07. The molecule has 0 saturated heterocycles. The Morgan fingerprint density at radius 1 is 1.57 bits per heavy atom. The fraction of sp³-hybridized carbons (Fsp3) is 0.545. The molecule has 0 spiro atoms. The van der Waals surface area contributed by atoms with E-state index in [-0.39, 0.29) is 0 Å². The van der Waals surface area contributed by atoms with Crippen LogP contribution >= 0.6 is 0 Å². The molecule has 0 bridgehead atoms. The second-order valence-electron chi connectivity index (χ2n) is 3.62. The first-order valence-electron chi connectivity index (χ1n) is 5.06. The number of ether oxygens (including phenoxy) is 1. The molecule has 2 N–H and O–H groups in total. The van der Waals surface area contributed by atoms with Crippen LogP contribution in [0.15, 0.2) is 18.3 Å². The van der Waals surface area contributed by atoms with E-state index in [1.54, 1.807) is 12.3 Å². The van der Waals surface area contributed by atoms with Crippen molar-refractivity contribution in [1.29, 1.82) is 0 Å². The highest BCUT2D eigenvalue weighted by Gasteiger charge is 2.02. The number of rotatable bonds is 5. The first-order valence-corrected chi connectivity index (χ1v) is 5.06. The number of anilines is 1. The molecule has 1 aromatic heterocycles. The smallest absolute Gasteiger partial charge is 0.126 e. The zero-order chi connectivity index (χ0) is 10.4. The Labute approximate surface area is 85.3 Å². The molecule has 3 heteroatoms. The summed E-state index contributed by atoms with van der Waals surface area (Å²) in [6.45, 7) is 5.12. The number of nitrogen functional groups attached to an aromatic ring is 1. The number of hydrogen-bond acceptors (Lipinski definition) is 3. The summed E-state index contributed by atoms with van der Waals surface area (Å²) in [6.07, 6.45) is 4.05. The van der Waals surface area contributed by atoms with Gasteiger partial charge in [0, 0.05) is 12.3 Å². The molecule has 1 aromatic rings. The SMILES string of the molecule is CCCC(C)COc1ccnc(N)c1. The van der Waals surface area contributed by atoms with Crippen LogP contribution in [0.4, 0.5) is 5.82 Å². The fourth-order valence-electron chi connectivity index (χ4n) is 1.33. The molecule has 0 aliphatic heterocycles. The lowest BCUT2D eigenvalue weighted by Crippen LogP contribution is -2.08. The minimum atomic E-state index is 0.505. The van der Waals surface area contributed by atoms with Gasteiger partial charge in [-0.25, -0.2) is 4.98 Å². The summed E-state index contributed by atoms with van der Waals surface area (Å²) in [5.41, 5.74) is 5.53. The maximum atomic E-state index is 5.58. The van der Waals surface area contributed by atoms with Gasteiger partial charge in [0.1, 0.15) is 11.6 Å². The standard InChI is InChI=1S/C11H18N2O/c1-3-4-9(2)8-14-10-5-6-13-11(12)7-10/h5-7,9H,3-4,8H2,1-2H3,(H2,12,13). The minimum absolute atomic E-state index is 0.505. The quantitative estimate of drug-likeness (QED) is 0.783. The molecule has 1 atom stereocenters. The van der Waals surface area contributed by atoms with Crippen LogP contribution in [0.3, 0.4) is 0 Å². The van der Waals surface area contributed by atoms with Crippen molar-refractivity contribution in [3.05, 3.63) is 18.3 Å². The highest BCUT2D eigenvalue weighted by atomic mass is 16.5. The molecule has 1 heterocycles. The lowest BCUT2D eigenvalue weighted by atomic mass is 10.1. The van der Waals surface area contributed by atoms with Gasteiger partial charge in [0.25, 0.3) is 0 Å². The predicted octanol–water partition coefficient (Wildman–Crippen LogP) is 2.48. The largest absolute Gasteiger partial charge is 0.493 e. The Morgan fingerprint density at radius 2 is 2.36 bits per heavy atom. The number of nitrogens with two attached hydrogens (primary N) is 1. The van der Waals surface area contributed by atoms with Crippen molar-refractivity contribution >= 4 is 5.82 Å². The maximum absolute atomic E-state index is 5.58. The Kier molecular flexibility index (Phi) is 4.23. The Hall–Kier alpha value is -1.25. The monoisotopic (exact) mass is 194 g/mol. The Bertz CT molecular complexity index is 276. The molecule has 0 aromatic carbocycles. The normalized spacial score (nSPS) is 12.4. The molecule has 3 nitrogen and oxygen atoms in total. The fourth-order valence-corrected chi connectivity index (χ4v) is 1.33. The number of nitrogens with zero attached hydrogens (tertiary/aromatic N) is 1. The Balaban J connectivity index is 2.37. The van der Waals surface area contributed by atoms with E-state index in [0.29, 0.717) is 11.7 Å². The molecule has 1 unspecified atom stereocenters. The van der Waals surface area contributed by atoms with Crippen LogP contribution in [-0.2, 0) is 0 Å². The van der Waals surface area contributed by atoms with Gasteiger partial charge in [-0.1, -0.05) is 20.3 Å². The van der Waals surface area contributed by atoms with E-state index in [1.807, 2.05) is 6.07 Å². The van der Waals surface area contributed by atoms with Crippen LogP contribution < -0.4 is 10.5 Å². The molecular weight excluding hydrogens is 176 g/mol. The van der Waals surface area contributed by atoms with Gasteiger partial charge in [-0.2, -0.15) is 0 Å². The zero-order valence-electron chi connectivity index (χ0n) is 8.86. The summed E-state index contributed by atoms with van der Waals surface area (Å²) >= 11 is 0. The Morgan fingerprint density at radius 3 is 3.00 bits per heavy atom. The highest BCUT2D eigenvalue weighted by Crippen LogP contribution is 2.14. The summed E-state index contributed by atoms with van der Waals surface area (Å²) < 4.78 is 5.58. The van der Waals surface area contributed by atoms with Crippen molar-refractivity contribution in [1.82, 2.24) is 4.98 Å². The molecule has 0 aliphatic rings. The third-order valence-corrected chi connectivity index (χ3v) is 2.07. The lowest BCUT2D eigenvalue weighted by molar-refractivity contribution is 0.251. The molecule has 1 rings (SSSR count). The number of pyridine rings is 1. The van der Waals surface area contributed by atoms with Crippen molar-refractivity contribution in [3.63, 3.8) is 0 Å². The molecule has 0 radical (unpaired) electrons. The van der Waals surface area contributed by atoms with Crippen LogP contribution in [-0.4, -0.2) is 11.6 Å². The molecule has 0 saturated carbocycles. The van der Waals surface area contributed by atoms with Crippen LogP contribution in [0.5, 0.6) is 5.75 Å². The van der Waals surface area contributed by atoms with Crippen LogP contribution in [0.2, 0.25) is 0 Å². The number of aromatic nitrogens is 1. The van der Waals surface area contributed by atoms with E-state index in [1.165, 1.54) is 12.8 Å². The van der Waals surface area contributed by atoms with Gasteiger partial charge in [-0.3, -0.25) is 0 Å². The van der Waals surface area contributed by atoms with Crippen LogP contribution in [0.25, 0.3) is 0 Å². The van der Waals surface area contributed by atoms with E-state index in [2.05, 4.69) is 18.8 Å². The van der Waals surface area contributed by atoms with Gasteiger partial charge in [-0.15, -0.1) is 0 Å². The summed E-state index contributed by atoms with van der Waals surface area (Å²) in [6, 6.07) is 3.58. The van der Waals surface area contributed by atoms with E-state index < -0.39 is 0 Å². The second kappa shape index (κ2) is 5.47. The van der Waals surface area contributed by atoms with Crippen molar-refractivity contribution in [2.75, 3.05) is 12.3 Å². The van der Waals surface area contributed by atoms with Crippen LogP contribution in [0, 0.1) is 5.92 Å². The van der Waals surface area contributed by atoms with Crippen LogP contribution in [0.1, 0.15) is 26.7 Å². The lowest BCUT2D eigenvalue weighted by Gasteiger charge is -2.11. The highest BCUT2D eigenvalue weighted by molar-refractivity contribution is 5.35. The van der Waals surface area contributed by atoms with Gasteiger partial charge in [-0.05, 0) is 18.4 Å². The van der Waals surface area contributed by atoms with Gasteiger partial charge in [0.05, 0.1) is 6.61 Å².